The number of amides is 1. The third-order valence-corrected chi connectivity index (χ3v) is 5.36. The molecule has 0 saturated carbocycles. The minimum Gasteiger partial charge on any atom is -0.436 e. The smallest absolute Gasteiger partial charge is 0.270 e. The van der Waals surface area contributed by atoms with Gasteiger partial charge in [-0.15, -0.1) is 0 Å². The second-order valence-corrected chi connectivity index (χ2v) is 8.81. The lowest BCUT2D eigenvalue weighted by molar-refractivity contribution is -0.384. The Morgan fingerprint density at radius 1 is 1.06 bits per heavy atom. The molecule has 0 aliphatic rings. The number of carbonyl (C=O) groups excluding carboxylic acids is 1. The van der Waals surface area contributed by atoms with Gasteiger partial charge in [-0.3, -0.25) is 14.9 Å². The second kappa shape index (κ2) is 8.09. The van der Waals surface area contributed by atoms with Crippen LogP contribution in [0.25, 0.3) is 22.6 Å². The van der Waals surface area contributed by atoms with Crippen molar-refractivity contribution in [2.75, 3.05) is 5.32 Å². The van der Waals surface area contributed by atoms with Gasteiger partial charge in [-0.1, -0.05) is 44.5 Å². The molecule has 7 nitrogen and oxygen atoms in total. The van der Waals surface area contributed by atoms with Gasteiger partial charge in [0.15, 0.2) is 5.58 Å². The number of fused-ring (bicyclic) bond motifs is 1. The van der Waals surface area contributed by atoms with Crippen LogP contribution >= 0.6 is 11.6 Å². The van der Waals surface area contributed by atoms with Gasteiger partial charge in [-0.2, -0.15) is 0 Å². The van der Waals surface area contributed by atoms with E-state index in [1.54, 1.807) is 18.2 Å². The van der Waals surface area contributed by atoms with Crippen LogP contribution in [0.1, 0.15) is 36.7 Å². The van der Waals surface area contributed by atoms with Gasteiger partial charge in [0.05, 0.1) is 15.5 Å². The number of rotatable bonds is 4. The molecule has 3 aromatic carbocycles. The van der Waals surface area contributed by atoms with Gasteiger partial charge in [0.1, 0.15) is 5.52 Å². The predicted molar refractivity (Wildman–Crippen MR) is 124 cm³/mol. The third kappa shape index (κ3) is 4.33. The van der Waals surface area contributed by atoms with Crippen LogP contribution in [0.2, 0.25) is 5.02 Å². The fourth-order valence-electron chi connectivity index (χ4n) is 3.24. The van der Waals surface area contributed by atoms with Crippen molar-refractivity contribution in [3.05, 3.63) is 86.9 Å². The number of non-ortho nitro benzene ring substituents is 1. The van der Waals surface area contributed by atoms with Crippen LogP contribution < -0.4 is 5.32 Å². The largest absolute Gasteiger partial charge is 0.436 e. The molecule has 0 aliphatic carbocycles. The zero-order chi connectivity index (χ0) is 23.0. The van der Waals surface area contributed by atoms with Crippen LogP contribution in [-0.2, 0) is 5.41 Å². The molecular weight excluding hydrogens is 430 g/mol. The van der Waals surface area contributed by atoms with E-state index in [4.69, 9.17) is 16.0 Å². The summed E-state index contributed by atoms with van der Waals surface area (Å²) in [6.45, 7) is 6.46. The van der Waals surface area contributed by atoms with E-state index in [-0.39, 0.29) is 21.7 Å². The van der Waals surface area contributed by atoms with Crippen molar-refractivity contribution in [2.24, 2.45) is 0 Å². The SMILES string of the molecule is CC(C)(C)c1ccc(-c2nc3cc(NC(=O)c4ccc([N+](=O)[O-])cc4Cl)ccc3o2)cc1. The lowest BCUT2D eigenvalue weighted by Crippen LogP contribution is -2.12. The Hall–Kier alpha value is -3.71. The molecule has 1 N–H and O–H groups in total. The Bertz CT molecular complexity index is 1340. The molecule has 0 unspecified atom stereocenters. The average Bonchev–Trinajstić information content (AvgIpc) is 3.16. The lowest BCUT2D eigenvalue weighted by Gasteiger charge is -2.18. The Kier molecular flexibility index (Phi) is 5.44. The monoisotopic (exact) mass is 449 g/mol. The summed E-state index contributed by atoms with van der Waals surface area (Å²) in [4.78, 5) is 27.4. The molecular formula is C24H20ClN3O4. The maximum atomic E-state index is 12.6. The molecule has 32 heavy (non-hydrogen) atoms. The van der Waals surface area contributed by atoms with Crippen molar-refractivity contribution >= 4 is 40.0 Å². The van der Waals surface area contributed by atoms with E-state index in [0.29, 0.717) is 22.7 Å². The first-order valence-corrected chi connectivity index (χ1v) is 10.3. The number of nitrogens with one attached hydrogen (secondary N) is 1. The molecule has 0 spiro atoms. The Balaban J connectivity index is 1.57. The van der Waals surface area contributed by atoms with Gasteiger partial charge in [0.2, 0.25) is 5.89 Å². The first-order chi connectivity index (χ1) is 15.1. The van der Waals surface area contributed by atoms with Crippen LogP contribution in [0.15, 0.2) is 65.1 Å². The Morgan fingerprint density at radius 3 is 2.41 bits per heavy atom. The van der Waals surface area contributed by atoms with E-state index in [1.165, 1.54) is 17.7 Å². The predicted octanol–water partition coefficient (Wildman–Crippen LogP) is 6.61. The fourth-order valence-corrected chi connectivity index (χ4v) is 3.50. The second-order valence-electron chi connectivity index (χ2n) is 8.40. The molecule has 8 heteroatoms. The van der Waals surface area contributed by atoms with Gasteiger partial charge >= 0.3 is 0 Å². The zero-order valence-electron chi connectivity index (χ0n) is 17.7. The number of hydrogen-bond donors (Lipinski definition) is 1. The van der Waals surface area contributed by atoms with Crippen molar-refractivity contribution in [2.45, 2.75) is 26.2 Å². The van der Waals surface area contributed by atoms with Gasteiger partial charge < -0.3 is 9.73 Å². The van der Waals surface area contributed by atoms with Crippen LogP contribution in [0.4, 0.5) is 11.4 Å². The number of halogens is 1. The standard InChI is InChI=1S/C24H20ClN3O4/c1-24(2,3)15-6-4-14(5-7-15)23-27-20-12-16(8-11-21(20)32-23)26-22(29)18-10-9-17(28(30)31)13-19(18)25/h4-13H,1-3H3,(H,26,29). The summed E-state index contributed by atoms with van der Waals surface area (Å²) < 4.78 is 5.87. The van der Waals surface area contributed by atoms with Crippen molar-refractivity contribution < 1.29 is 14.1 Å². The molecule has 1 amide bonds. The summed E-state index contributed by atoms with van der Waals surface area (Å²) in [5.41, 5.74) is 3.76. The first-order valence-electron chi connectivity index (χ1n) is 9.88. The molecule has 0 aliphatic heterocycles. The van der Waals surface area contributed by atoms with E-state index in [1.807, 2.05) is 12.1 Å². The van der Waals surface area contributed by atoms with E-state index in [2.05, 4.69) is 43.2 Å². The summed E-state index contributed by atoms with van der Waals surface area (Å²) in [7, 11) is 0. The third-order valence-electron chi connectivity index (χ3n) is 5.05. The molecule has 0 fully saturated rings. The average molecular weight is 450 g/mol. The molecule has 0 radical (unpaired) electrons. The van der Waals surface area contributed by atoms with Crippen molar-refractivity contribution in [1.82, 2.24) is 4.98 Å². The normalized spacial score (nSPS) is 11.5. The Labute approximate surface area is 189 Å². The van der Waals surface area contributed by atoms with Crippen LogP contribution in [-0.4, -0.2) is 15.8 Å². The fraction of sp³-hybridized carbons (Fsp3) is 0.167. The van der Waals surface area contributed by atoms with Crippen molar-refractivity contribution in [1.29, 1.82) is 0 Å². The highest BCUT2D eigenvalue weighted by atomic mass is 35.5. The minimum absolute atomic E-state index is 0.000189. The quantitative estimate of drug-likeness (QED) is 0.279. The van der Waals surface area contributed by atoms with Crippen molar-refractivity contribution in [3.8, 4) is 11.5 Å². The van der Waals surface area contributed by atoms with Crippen molar-refractivity contribution in [3.63, 3.8) is 0 Å². The maximum absolute atomic E-state index is 12.6. The van der Waals surface area contributed by atoms with Gasteiger partial charge in [0, 0.05) is 23.4 Å². The zero-order valence-corrected chi connectivity index (χ0v) is 18.4. The number of benzene rings is 3. The highest BCUT2D eigenvalue weighted by Gasteiger charge is 2.17. The molecule has 1 aromatic heterocycles. The number of nitro benzene ring substituents is 1. The molecule has 0 atom stereocenters. The Morgan fingerprint density at radius 2 is 1.78 bits per heavy atom. The van der Waals surface area contributed by atoms with Crippen LogP contribution in [0, 0.1) is 10.1 Å². The topological polar surface area (TPSA) is 98.3 Å². The summed E-state index contributed by atoms with van der Waals surface area (Å²) in [6, 6.07) is 16.9. The number of oxazole rings is 1. The van der Waals surface area contributed by atoms with E-state index >= 15 is 0 Å². The number of anilines is 1. The van der Waals surface area contributed by atoms with E-state index in [0.717, 1.165) is 11.6 Å². The van der Waals surface area contributed by atoms with Crippen LogP contribution in [0.3, 0.4) is 0 Å². The van der Waals surface area contributed by atoms with E-state index in [9.17, 15) is 14.9 Å². The lowest BCUT2D eigenvalue weighted by atomic mass is 9.87. The summed E-state index contributed by atoms with van der Waals surface area (Å²) in [6.07, 6.45) is 0. The molecule has 0 saturated heterocycles. The number of nitrogens with zero attached hydrogens (tertiary/aromatic N) is 2. The van der Waals surface area contributed by atoms with Crippen LogP contribution in [0.5, 0.6) is 0 Å². The molecule has 0 bridgehead atoms. The number of nitro groups is 1. The van der Waals surface area contributed by atoms with Gasteiger partial charge in [-0.25, -0.2) is 4.98 Å². The highest BCUT2D eigenvalue weighted by Crippen LogP contribution is 2.29. The summed E-state index contributed by atoms with van der Waals surface area (Å²) in [5.74, 6) is 0.00749. The molecule has 1 heterocycles. The molecule has 162 valence electrons. The minimum atomic E-state index is -0.569. The first kappa shape index (κ1) is 21.5. The maximum Gasteiger partial charge on any atom is 0.270 e. The van der Waals surface area contributed by atoms with Gasteiger partial charge in [-0.05, 0) is 47.4 Å². The number of aromatic nitrogens is 1. The molecule has 4 rings (SSSR count). The number of carbonyl (C=O) groups is 1. The van der Waals surface area contributed by atoms with E-state index < -0.39 is 10.8 Å². The summed E-state index contributed by atoms with van der Waals surface area (Å²) in [5, 5.41) is 13.6. The van der Waals surface area contributed by atoms with Gasteiger partial charge in [0.25, 0.3) is 11.6 Å². The highest BCUT2D eigenvalue weighted by molar-refractivity contribution is 6.34. The number of hydrogen-bond acceptors (Lipinski definition) is 5. The molecule has 4 aromatic rings. The summed E-state index contributed by atoms with van der Waals surface area (Å²) >= 11 is 6.05.